The standard InChI is InChI=1S/C16H16N2O2/c1-11(19)13-6-8-15(9-7-13)18-10-12-2-4-14(5-3-12)16(17)20/h2-9,18H,10H2,1H3,(H2,17,20). The fourth-order valence-corrected chi connectivity index (χ4v) is 1.81. The molecule has 0 aliphatic rings. The van der Waals surface area contributed by atoms with Crippen LogP contribution >= 0.6 is 0 Å². The molecule has 0 aliphatic carbocycles. The molecule has 0 spiro atoms. The van der Waals surface area contributed by atoms with Crippen molar-refractivity contribution in [3.63, 3.8) is 0 Å². The van der Waals surface area contributed by atoms with Gasteiger partial charge in [-0.1, -0.05) is 12.1 Å². The highest BCUT2D eigenvalue weighted by atomic mass is 16.1. The third-order valence-corrected chi connectivity index (χ3v) is 3.03. The molecule has 0 heterocycles. The lowest BCUT2D eigenvalue weighted by atomic mass is 10.1. The third kappa shape index (κ3) is 3.45. The molecule has 4 nitrogen and oxygen atoms in total. The molecule has 0 aliphatic heterocycles. The van der Waals surface area contributed by atoms with Crippen LogP contribution < -0.4 is 11.1 Å². The van der Waals surface area contributed by atoms with E-state index in [4.69, 9.17) is 5.73 Å². The van der Waals surface area contributed by atoms with Crippen molar-refractivity contribution in [2.45, 2.75) is 13.5 Å². The number of nitrogens with two attached hydrogens (primary N) is 1. The summed E-state index contributed by atoms with van der Waals surface area (Å²) in [5.74, 6) is -0.372. The fraction of sp³-hybridized carbons (Fsp3) is 0.125. The van der Waals surface area contributed by atoms with E-state index in [0.717, 1.165) is 11.3 Å². The summed E-state index contributed by atoms with van der Waals surface area (Å²) in [7, 11) is 0. The van der Waals surface area contributed by atoms with Crippen molar-refractivity contribution in [3.8, 4) is 0 Å². The molecule has 0 saturated heterocycles. The van der Waals surface area contributed by atoms with E-state index in [1.54, 1.807) is 31.2 Å². The Morgan fingerprint density at radius 2 is 1.50 bits per heavy atom. The first-order valence-corrected chi connectivity index (χ1v) is 6.30. The molecule has 0 atom stereocenters. The van der Waals surface area contributed by atoms with E-state index in [9.17, 15) is 9.59 Å². The van der Waals surface area contributed by atoms with Gasteiger partial charge in [-0.3, -0.25) is 9.59 Å². The van der Waals surface area contributed by atoms with Crippen molar-refractivity contribution >= 4 is 17.4 Å². The minimum absolute atomic E-state index is 0.0543. The van der Waals surface area contributed by atoms with E-state index in [0.29, 0.717) is 17.7 Å². The Bertz CT molecular complexity index is 558. The van der Waals surface area contributed by atoms with Crippen molar-refractivity contribution < 1.29 is 9.59 Å². The molecule has 1 amide bonds. The highest BCUT2D eigenvalue weighted by Crippen LogP contribution is 2.12. The molecule has 0 unspecified atom stereocenters. The number of amides is 1. The first-order valence-electron chi connectivity index (χ1n) is 6.30. The second-order valence-electron chi connectivity index (χ2n) is 4.55. The maximum atomic E-state index is 11.2. The predicted octanol–water partition coefficient (Wildman–Crippen LogP) is 2.60. The smallest absolute Gasteiger partial charge is 0.248 e. The van der Waals surface area contributed by atoms with Gasteiger partial charge in [0.05, 0.1) is 0 Å². The lowest BCUT2D eigenvalue weighted by Crippen LogP contribution is -2.10. The molecule has 2 rings (SSSR count). The van der Waals surface area contributed by atoms with Crippen molar-refractivity contribution in [2.24, 2.45) is 5.73 Å². The highest BCUT2D eigenvalue weighted by molar-refractivity contribution is 5.94. The fourth-order valence-electron chi connectivity index (χ4n) is 1.81. The minimum atomic E-state index is -0.427. The summed E-state index contributed by atoms with van der Waals surface area (Å²) in [5, 5.41) is 3.25. The molecular formula is C16H16N2O2. The Morgan fingerprint density at radius 1 is 0.950 bits per heavy atom. The quantitative estimate of drug-likeness (QED) is 0.819. The van der Waals surface area contributed by atoms with Gasteiger partial charge in [-0.05, 0) is 48.9 Å². The van der Waals surface area contributed by atoms with Crippen LogP contribution in [-0.2, 0) is 6.54 Å². The average Bonchev–Trinajstić information content (AvgIpc) is 2.46. The number of ketones is 1. The van der Waals surface area contributed by atoms with Crippen molar-refractivity contribution in [1.29, 1.82) is 0 Å². The molecule has 102 valence electrons. The number of benzene rings is 2. The number of anilines is 1. The Hall–Kier alpha value is -2.62. The number of carbonyl (C=O) groups is 2. The summed E-state index contributed by atoms with van der Waals surface area (Å²) < 4.78 is 0. The molecule has 2 aromatic rings. The molecular weight excluding hydrogens is 252 g/mol. The van der Waals surface area contributed by atoms with Crippen molar-refractivity contribution in [2.75, 3.05) is 5.32 Å². The number of hydrogen-bond donors (Lipinski definition) is 2. The second-order valence-corrected chi connectivity index (χ2v) is 4.55. The van der Waals surface area contributed by atoms with Gasteiger partial charge >= 0.3 is 0 Å². The lowest BCUT2D eigenvalue weighted by Gasteiger charge is -2.07. The number of hydrogen-bond acceptors (Lipinski definition) is 3. The SMILES string of the molecule is CC(=O)c1ccc(NCc2ccc(C(N)=O)cc2)cc1. The Labute approximate surface area is 117 Å². The maximum absolute atomic E-state index is 11.2. The summed E-state index contributed by atoms with van der Waals surface area (Å²) in [4.78, 5) is 22.1. The Kier molecular flexibility index (Phi) is 4.15. The van der Waals surface area contributed by atoms with Crippen molar-refractivity contribution in [1.82, 2.24) is 0 Å². The highest BCUT2D eigenvalue weighted by Gasteiger charge is 2.01. The molecule has 20 heavy (non-hydrogen) atoms. The van der Waals surface area contributed by atoms with Crippen molar-refractivity contribution in [3.05, 3.63) is 65.2 Å². The lowest BCUT2D eigenvalue weighted by molar-refractivity contribution is 0.0996. The molecule has 0 saturated carbocycles. The third-order valence-electron chi connectivity index (χ3n) is 3.03. The van der Waals surface area contributed by atoms with E-state index in [1.807, 2.05) is 24.3 Å². The van der Waals surface area contributed by atoms with Gasteiger partial charge in [0, 0.05) is 23.4 Å². The summed E-state index contributed by atoms with van der Waals surface area (Å²) in [5.41, 5.74) is 8.37. The van der Waals surface area contributed by atoms with E-state index in [-0.39, 0.29) is 5.78 Å². The number of primary amides is 1. The number of carbonyl (C=O) groups excluding carboxylic acids is 2. The summed E-state index contributed by atoms with van der Waals surface area (Å²) in [6, 6.07) is 14.5. The van der Waals surface area contributed by atoms with Gasteiger partial charge in [-0.15, -0.1) is 0 Å². The van der Waals surface area contributed by atoms with E-state index in [2.05, 4.69) is 5.32 Å². The van der Waals surface area contributed by atoms with Crippen LogP contribution in [0.1, 0.15) is 33.2 Å². The molecule has 3 N–H and O–H groups in total. The predicted molar refractivity (Wildman–Crippen MR) is 78.7 cm³/mol. The monoisotopic (exact) mass is 268 g/mol. The van der Waals surface area contributed by atoms with Crippen LogP contribution in [0.3, 0.4) is 0 Å². The van der Waals surface area contributed by atoms with Gasteiger partial charge in [0.1, 0.15) is 0 Å². The Balaban J connectivity index is 1.97. The molecule has 0 fully saturated rings. The van der Waals surface area contributed by atoms with Gasteiger partial charge in [-0.25, -0.2) is 0 Å². The second kappa shape index (κ2) is 6.02. The van der Waals surface area contributed by atoms with E-state index >= 15 is 0 Å². The van der Waals surface area contributed by atoms with E-state index in [1.165, 1.54) is 0 Å². The zero-order valence-electron chi connectivity index (χ0n) is 11.2. The molecule has 0 aromatic heterocycles. The van der Waals surface area contributed by atoms with Crippen LogP contribution in [0, 0.1) is 0 Å². The molecule has 0 radical (unpaired) electrons. The topological polar surface area (TPSA) is 72.2 Å². The summed E-state index contributed by atoms with van der Waals surface area (Å²) in [6.07, 6.45) is 0. The van der Waals surface area contributed by atoms with Gasteiger partial charge < -0.3 is 11.1 Å². The number of nitrogens with one attached hydrogen (secondary N) is 1. The van der Waals surface area contributed by atoms with Crippen LogP contribution in [0.15, 0.2) is 48.5 Å². The zero-order chi connectivity index (χ0) is 14.5. The van der Waals surface area contributed by atoms with Crippen LogP contribution in [0.25, 0.3) is 0 Å². The first-order chi connectivity index (χ1) is 9.56. The maximum Gasteiger partial charge on any atom is 0.248 e. The average molecular weight is 268 g/mol. The van der Waals surface area contributed by atoms with Crippen LogP contribution in [-0.4, -0.2) is 11.7 Å². The van der Waals surface area contributed by atoms with Crippen LogP contribution in [0.4, 0.5) is 5.69 Å². The van der Waals surface area contributed by atoms with Crippen LogP contribution in [0.2, 0.25) is 0 Å². The molecule has 2 aromatic carbocycles. The van der Waals surface area contributed by atoms with E-state index < -0.39 is 5.91 Å². The minimum Gasteiger partial charge on any atom is -0.381 e. The van der Waals surface area contributed by atoms with Gasteiger partial charge in [0.2, 0.25) is 5.91 Å². The zero-order valence-corrected chi connectivity index (χ0v) is 11.2. The largest absolute Gasteiger partial charge is 0.381 e. The van der Waals surface area contributed by atoms with Gasteiger partial charge in [0.25, 0.3) is 0 Å². The van der Waals surface area contributed by atoms with Gasteiger partial charge in [-0.2, -0.15) is 0 Å². The van der Waals surface area contributed by atoms with Gasteiger partial charge in [0.15, 0.2) is 5.78 Å². The molecule has 0 bridgehead atoms. The summed E-state index contributed by atoms with van der Waals surface area (Å²) >= 11 is 0. The first kappa shape index (κ1) is 13.8. The number of rotatable bonds is 5. The van der Waals surface area contributed by atoms with Crippen LogP contribution in [0.5, 0.6) is 0 Å². The normalized spacial score (nSPS) is 10.1. The molecule has 4 heteroatoms. The Morgan fingerprint density at radius 3 is 2.00 bits per heavy atom. The summed E-state index contributed by atoms with van der Waals surface area (Å²) in [6.45, 7) is 2.18. The number of Topliss-reactive ketones (excluding diaryl/α,β-unsaturated/α-hetero) is 1.